The lowest BCUT2D eigenvalue weighted by Crippen LogP contribution is -2.40. The molecule has 112 valence electrons. The Labute approximate surface area is 116 Å². The predicted molar refractivity (Wildman–Crippen MR) is 69.1 cm³/mol. The topological polar surface area (TPSA) is 40.5 Å². The molecule has 1 rings (SSSR count). The van der Waals surface area contributed by atoms with E-state index in [1.807, 2.05) is 0 Å². The largest absolute Gasteiger partial charge is 0.416 e. The van der Waals surface area contributed by atoms with Crippen molar-refractivity contribution < 1.29 is 23.1 Å². The van der Waals surface area contributed by atoms with Crippen LogP contribution in [0.15, 0.2) is 24.3 Å². The van der Waals surface area contributed by atoms with Gasteiger partial charge < -0.3 is 10.0 Å². The zero-order valence-corrected chi connectivity index (χ0v) is 11.7. The van der Waals surface area contributed by atoms with Crippen LogP contribution in [-0.4, -0.2) is 35.1 Å². The maximum absolute atomic E-state index is 12.4. The molecule has 0 heterocycles. The van der Waals surface area contributed by atoms with E-state index in [4.69, 9.17) is 0 Å². The molecule has 0 fully saturated rings. The van der Waals surface area contributed by atoms with Crippen LogP contribution in [0.2, 0.25) is 0 Å². The number of carbonyl (C=O) groups is 1. The van der Waals surface area contributed by atoms with Crippen molar-refractivity contribution in [1.82, 2.24) is 4.90 Å². The Bertz CT molecular complexity index is 461. The first kappa shape index (κ1) is 16.5. The van der Waals surface area contributed by atoms with E-state index < -0.39 is 17.3 Å². The molecular weight excluding hydrogens is 271 g/mol. The number of hydrogen-bond donors (Lipinski definition) is 1. The molecule has 0 aromatic heterocycles. The van der Waals surface area contributed by atoms with Crippen molar-refractivity contribution in [2.24, 2.45) is 0 Å². The van der Waals surface area contributed by atoms with Gasteiger partial charge in [0.25, 0.3) is 0 Å². The highest BCUT2D eigenvalue weighted by atomic mass is 19.4. The number of alkyl halides is 3. The van der Waals surface area contributed by atoms with E-state index in [2.05, 4.69) is 0 Å². The third-order valence-electron chi connectivity index (χ3n) is 2.69. The van der Waals surface area contributed by atoms with Crippen molar-refractivity contribution in [2.45, 2.75) is 32.0 Å². The lowest BCUT2D eigenvalue weighted by atomic mass is 10.1. The first-order valence-electron chi connectivity index (χ1n) is 6.11. The molecule has 0 saturated heterocycles. The predicted octanol–water partition coefficient (Wildman–Crippen LogP) is 2.48. The molecule has 1 aromatic rings. The molecule has 0 aliphatic rings. The Morgan fingerprint density at radius 3 is 2.10 bits per heavy atom. The molecule has 0 bridgehead atoms. The Kier molecular flexibility index (Phi) is 4.81. The van der Waals surface area contributed by atoms with Crippen LogP contribution in [0.25, 0.3) is 0 Å². The fourth-order valence-electron chi connectivity index (χ4n) is 1.79. The molecule has 1 aromatic carbocycles. The minimum Gasteiger partial charge on any atom is -0.389 e. The SMILES string of the molecule is CN(CC(C)(C)O)C(=O)Cc1ccc(C(F)(F)F)cc1. The summed E-state index contributed by atoms with van der Waals surface area (Å²) in [5.74, 6) is -0.258. The number of aliphatic hydroxyl groups is 1. The maximum atomic E-state index is 12.4. The molecule has 20 heavy (non-hydrogen) atoms. The first-order chi connectivity index (χ1) is 8.99. The molecule has 0 spiro atoms. The Balaban J connectivity index is 2.67. The van der Waals surface area contributed by atoms with Gasteiger partial charge in [-0.1, -0.05) is 12.1 Å². The van der Waals surface area contributed by atoms with E-state index in [1.54, 1.807) is 20.9 Å². The van der Waals surface area contributed by atoms with E-state index in [0.717, 1.165) is 12.1 Å². The average Bonchev–Trinajstić information content (AvgIpc) is 2.26. The van der Waals surface area contributed by atoms with Crippen LogP contribution >= 0.6 is 0 Å². The van der Waals surface area contributed by atoms with Gasteiger partial charge in [-0.3, -0.25) is 4.79 Å². The third-order valence-corrected chi connectivity index (χ3v) is 2.69. The van der Waals surface area contributed by atoms with Crippen LogP contribution in [0.4, 0.5) is 13.2 Å². The first-order valence-corrected chi connectivity index (χ1v) is 6.11. The molecule has 1 amide bonds. The van der Waals surface area contributed by atoms with Gasteiger partial charge in [-0.2, -0.15) is 13.2 Å². The third kappa shape index (κ3) is 5.21. The number of halogens is 3. The Morgan fingerprint density at radius 1 is 1.20 bits per heavy atom. The average molecular weight is 289 g/mol. The van der Waals surface area contributed by atoms with Gasteiger partial charge in [-0.15, -0.1) is 0 Å². The van der Waals surface area contributed by atoms with E-state index in [-0.39, 0.29) is 18.9 Å². The molecular formula is C14H18F3NO2. The van der Waals surface area contributed by atoms with Crippen molar-refractivity contribution in [3.05, 3.63) is 35.4 Å². The zero-order valence-electron chi connectivity index (χ0n) is 11.7. The summed E-state index contributed by atoms with van der Waals surface area (Å²) in [5, 5.41) is 9.61. The van der Waals surface area contributed by atoms with Gasteiger partial charge in [0.2, 0.25) is 5.91 Å². The molecule has 3 nitrogen and oxygen atoms in total. The molecule has 1 N–H and O–H groups in total. The minimum absolute atomic E-state index is 0.00468. The van der Waals surface area contributed by atoms with Crippen LogP contribution in [0, 0.1) is 0 Å². The lowest BCUT2D eigenvalue weighted by Gasteiger charge is -2.25. The zero-order chi connectivity index (χ0) is 15.6. The van der Waals surface area contributed by atoms with Crippen LogP contribution in [0.5, 0.6) is 0 Å². The minimum atomic E-state index is -4.37. The molecule has 0 aliphatic carbocycles. The number of benzene rings is 1. The van der Waals surface area contributed by atoms with E-state index >= 15 is 0 Å². The fourth-order valence-corrected chi connectivity index (χ4v) is 1.79. The van der Waals surface area contributed by atoms with Crippen LogP contribution in [0.3, 0.4) is 0 Å². The van der Waals surface area contributed by atoms with Crippen LogP contribution < -0.4 is 0 Å². The van der Waals surface area contributed by atoms with Gasteiger partial charge in [0.15, 0.2) is 0 Å². The summed E-state index contributed by atoms with van der Waals surface area (Å²) in [7, 11) is 1.55. The second-order valence-electron chi connectivity index (χ2n) is 5.43. The molecule has 6 heteroatoms. The number of carbonyl (C=O) groups excluding carboxylic acids is 1. The van der Waals surface area contributed by atoms with Gasteiger partial charge in [0.1, 0.15) is 0 Å². The summed E-state index contributed by atoms with van der Waals surface area (Å²) in [5.41, 5.74) is -1.24. The van der Waals surface area contributed by atoms with Crippen molar-refractivity contribution in [1.29, 1.82) is 0 Å². The molecule has 0 saturated carbocycles. The van der Waals surface area contributed by atoms with Crippen molar-refractivity contribution >= 4 is 5.91 Å². The normalized spacial score (nSPS) is 12.3. The highest BCUT2D eigenvalue weighted by Gasteiger charge is 2.30. The standard InChI is InChI=1S/C14H18F3NO2/c1-13(2,20)9-18(3)12(19)8-10-4-6-11(7-5-10)14(15,16)17/h4-7,20H,8-9H2,1-3H3. The Morgan fingerprint density at radius 2 is 1.70 bits per heavy atom. The van der Waals surface area contributed by atoms with Crippen LogP contribution in [0.1, 0.15) is 25.0 Å². The number of likely N-dealkylation sites (N-methyl/N-ethyl adjacent to an activating group) is 1. The van der Waals surface area contributed by atoms with Gasteiger partial charge in [0, 0.05) is 13.6 Å². The molecule has 0 radical (unpaired) electrons. The van der Waals surface area contributed by atoms with Crippen molar-refractivity contribution in [3.8, 4) is 0 Å². The van der Waals surface area contributed by atoms with Crippen molar-refractivity contribution in [3.63, 3.8) is 0 Å². The monoisotopic (exact) mass is 289 g/mol. The number of rotatable bonds is 4. The van der Waals surface area contributed by atoms with Gasteiger partial charge in [-0.05, 0) is 31.5 Å². The number of nitrogens with zero attached hydrogens (tertiary/aromatic N) is 1. The summed E-state index contributed by atoms with van der Waals surface area (Å²) in [6.45, 7) is 3.32. The van der Waals surface area contributed by atoms with E-state index in [9.17, 15) is 23.1 Å². The van der Waals surface area contributed by atoms with E-state index in [0.29, 0.717) is 5.56 Å². The number of amides is 1. The fraction of sp³-hybridized carbons (Fsp3) is 0.500. The highest BCUT2D eigenvalue weighted by Crippen LogP contribution is 2.29. The number of hydrogen-bond acceptors (Lipinski definition) is 2. The summed E-state index contributed by atoms with van der Waals surface area (Å²) < 4.78 is 37.2. The highest BCUT2D eigenvalue weighted by molar-refractivity contribution is 5.78. The summed E-state index contributed by atoms with van der Waals surface area (Å²) in [4.78, 5) is 13.2. The van der Waals surface area contributed by atoms with Gasteiger partial charge >= 0.3 is 6.18 Å². The molecule has 0 atom stereocenters. The maximum Gasteiger partial charge on any atom is 0.416 e. The molecule has 0 unspecified atom stereocenters. The van der Waals surface area contributed by atoms with E-state index in [1.165, 1.54) is 17.0 Å². The smallest absolute Gasteiger partial charge is 0.389 e. The summed E-state index contributed by atoms with van der Waals surface area (Å²) in [6, 6.07) is 4.49. The molecule has 0 aliphatic heterocycles. The lowest BCUT2D eigenvalue weighted by molar-refractivity contribution is -0.137. The second-order valence-corrected chi connectivity index (χ2v) is 5.43. The summed E-state index contributed by atoms with van der Waals surface area (Å²) >= 11 is 0. The quantitative estimate of drug-likeness (QED) is 0.925. The second kappa shape index (κ2) is 5.83. The van der Waals surface area contributed by atoms with Crippen molar-refractivity contribution in [2.75, 3.05) is 13.6 Å². The Hall–Kier alpha value is -1.56. The van der Waals surface area contributed by atoms with Gasteiger partial charge in [-0.25, -0.2) is 0 Å². The van der Waals surface area contributed by atoms with Crippen LogP contribution in [-0.2, 0) is 17.4 Å². The van der Waals surface area contributed by atoms with Gasteiger partial charge in [0.05, 0.1) is 17.6 Å². The summed E-state index contributed by atoms with van der Waals surface area (Å²) in [6.07, 6.45) is -4.37.